The zero-order chi connectivity index (χ0) is 28.2. The lowest BCUT2D eigenvalue weighted by Crippen LogP contribution is -2.45. The Balaban J connectivity index is 1.23. The first kappa shape index (κ1) is 26.5. The summed E-state index contributed by atoms with van der Waals surface area (Å²) >= 11 is 6.14. The average Bonchev–Trinajstić information content (AvgIpc) is 2.98. The van der Waals surface area contributed by atoms with E-state index in [1.165, 1.54) is 0 Å². The monoisotopic (exact) mass is 567 g/mol. The molecule has 41 heavy (non-hydrogen) atoms. The van der Waals surface area contributed by atoms with Gasteiger partial charge in [0, 0.05) is 71.6 Å². The minimum atomic E-state index is 0.452. The van der Waals surface area contributed by atoms with Crippen LogP contribution in [0.15, 0.2) is 79.0 Å². The number of hydrogen-bond donors (Lipinski definition) is 3. The molecule has 3 aromatic carbocycles. The van der Waals surface area contributed by atoms with Gasteiger partial charge in [-0.05, 0) is 67.7 Å². The summed E-state index contributed by atoms with van der Waals surface area (Å²) in [5.74, 6) is 2.28. The first-order valence-corrected chi connectivity index (χ1v) is 13.7. The number of hydrogen-bond acceptors (Lipinski definition) is 10. The lowest BCUT2D eigenvalue weighted by Gasteiger charge is -2.32. The third-order valence-electron chi connectivity index (χ3n) is 6.86. The van der Waals surface area contributed by atoms with E-state index in [9.17, 15) is 0 Å². The molecule has 0 saturated carbocycles. The number of methoxy groups -OCH3 is 1. The minimum absolute atomic E-state index is 0.452. The van der Waals surface area contributed by atoms with Crippen molar-refractivity contribution in [2.75, 3.05) is 61.2 Å². The maximum absolute atomic E-state index is 6.14. The van der Waals surface area contributed by atoms with Crippen LogP contribution < -0.4 is 25.6 Å². The summed E-state index contributed by atoms with van der Waals surface area (Å²) in [5, 5.41) is 11.8. The Labute approximate surface area is 243 Å². The van der Waals surface area contributed by atoms with Gasteiger partial charge in [0.2, 0.25) is 17.8 Å². The van der Waals surface area contributed by atoms with Gasteiger partial charge in [-0.2, -0.15) is 15.0 Å². The molecule has 0 atom stereocenters. The maximum Gasteiger partial charge on any atom is 0.233 e. The van der Waals surface area contributed by atoms with Gasteiger partial charge in [0.1, 0.15) is 5.75 Å². The van der Waals surface area contributed by atoms with E-state index >= 15 is 0 Å². The number of nitrogens with zero attached hydrogens (tertiary/aromatic N) is 6. The number of fused-ring (bicyclic) bond motifs is 1. The van der Waals surface area contributed by atoms with Crippen LogP contribution in [0.1, 0.15) is 0 Å². The van der Waals surface area contributed by atoms with Crippen LogP contribution in [0, 0.1) is 0 Å². The van der Waals surface area contributed by atoms with Crippen molar-refractivity contribution in [1.29, 1.82) is 0 Å². The summed E-state index contributed by atoms with van der Waals surface area (Å²) in [6, 6.07) is 23.3. The van der Waals surface area contributed by atoms with Crippen LogP contribution >= 0.6 is 11.6 Å². The number of halogens is 1. The highest BCUT2D eigenvalue weighted by Crippen LogP contribution is 2.28. The van der Waals surface area contributed by atoms with Crippen LogP contribution in [0.4, 0.5) is 40.6 Å². The Morgan fingerprint density at radius 2 is 1.46 bits per heavy atom. The Morgan fingerprint density at radius 1 is 0.756 bits per heavy atom. The molecular formula is C30H30ClN9O. The zero-order valence-corrected chi connectivity index (χ0v) is 23.6. The smallest absolute Gasteiger partial charge is 0.233 e. The molecule has 1 saturated heterocycles. The normalized spacial score (nSPS) is 13.7. The highest BCUT2D eigenvalue weighted by atomic mass is 35.5. The molecule has 0 amide bonds. The number of anilines is 7. The van der Waals surface area contributed by atoms with Gasteiger partial charge in [-0.1, -0.05) is 17.7 Å². The maximum atomic E-state index is 6.14. The number of likely N-dealkylation sites (N-methyl/N-ethyl adjacent to an activating group) is 1. The van der Waals surface area contributed by atoms with Gasteiger partial charge in [-0.3, -0.25) is 4.98 Å². The first-order chi connectivity index (χ1) is 20.0. The average molecular weight is 568 g/mol. The summed E-state index contributed by atoms with van der Waals surface area (Å²) in [7, 11) is 3.77. The molecule has 5 aromatic rings. The number of pyridine rings is 1. The fourth-order valence-corrected chi connectivity index (χ4v) is 4.77. The van der Waals surface area contributed by atoms with Crippen LogP contribution in [-0.2, 0) is 0 Å². The van der Waals surface area contributed by atoms with Crippen LogP contribution in [0.2, 0.25) is 5.02 Å². The second kappa shape index (κ2) is 11.8. The fraction of sp³-hybridized carbons (Fsp3) is 0.200. The molecule has 1 fully saturated rings. The van der Waals surface area contributed by atoms with E-state index < -0.39 is 0 Å². The van der Waals surface area contributed by atoms with E-state index in [2.05, 4.69) is 42.8 Å². The molecule has 0 unspecified atom stereocenters. The molecule has 1 aliphatic rings. The minimum Gasteiger partial charge on any atom is -0.497 e. The number of aromatic nitrogens is 4. The zero-order valence-electron chi connectivity index (χ0n) is 22.8. The highest BCUT2D eigenvalue weighted by molar-refractivity contribution is 6.31. The number of piperazine rings is 1. The third kappa shape index (κ3) is 6.40. The van der Waals surface area contributed by atoms with Crippen molar-refractivity contribution in [3.05, 3.63) is 84.0 Å². The number of rotatable bonds is 8. The Morgan fingerprint density at radius 3 is 2.20 bits per heavy atom. The predicted molar refractivity (Wildman–Crippen MR) is 166 cm³/mol. The van der Waals surface area contributed by atoms with Gasteiger partial charge in [-0.25, -0.2) is 0 Å². The van der Waals surface area contributed by atoms with Gasteiger partial charge in [0.05, 0.1) is 12.6 Å². The molecule has 11 heteroatoms. The highest BCUT2D eigenvalue weighted by Gasteiger charge is 2.19. The van der Waals surface area contributed by atoms with E-state index in [4.69, 9.17) is 26.3 Å². The van der Waals surface area contributed by atoms with Crippen LogP contribution in [0.5, 0.6) is 5.75 Å². The Bertz CT molecular complexity index is 1660. The Hall–Kier alpha value is -4.67. The SMILES string of the molecule is COc1cccc(Nc2nc(Nc3ccc(Nc4ccnc5cc(Cl)ccc45)cc3)nc(N3CCN(C)CC3)n2)c1. The Kier molecular flexibility index (Phi) is 7.66. The molecule has 0 aliphatic carbocycles. The largest absolute Gasteiger partial charge is 0.497 e. The van der Waals surface area contributed by atoms with Crippen molar-refractivity contribution >= 4 is 63.1 Å². The second-order valence-electron chi connectivity index (χ2n) is 9.78. The van der Waals surface area contributed by atoms with Crippen molar-refractivity contribution in [2.24, 2.45) is 0 Å². The molecule has 10 nitrogen and oxygen atoms in total. The van der Waals surface area contributed by atoms with E-state index in [1.807, 2.05) is 72.8 Å². The molecule has 0 radical (unpaired) electrons. The summed E-state index contributed by atoms with van der Waals surface area (Å²) in [5.41, 5.74) is 4.41. The van der Waals surface area contributed by atoms with E-state index in [0.717, 1.165) is 65.6 Å². The number of ether oxygens (including phenoxy) is 1. The third-order valence-corrected chi connectivity index (χ3v) is 7.10. The molecular weight excluding hydrogens is 538 g/mol. The van der Waals surface area contributed by atoms with Crippen molar-refractivity contribution < 1.29 is 4.74 Å². The summed E-state index contributed by atoms with van der Waals surface area (Å²) in [6.45, 7) is 3.58. The molecule has 1 aliphatic heterocycles. The molecule has 0 spiro atoms. The van der Waals surface area contributed by atoms with Crippen LogP contribution in [0.3, 0.4) is 0 Å². The predicted octanol–water partition coefficient (Wildman–Crippen LogP) is 6.06. The molecule has 208 valence electrons. The topological polar surface area (TPSA) is 103 Å². The summed E-state index contributed by atoms with van der Waals surface area (Å²) in [4.78, 5) is 23.1. The van der Waals surface area contributed by atoms with Crippen LogP contribution in [0.25, 0.3) is 10.9 Å². The summed E-state index contributed by atoms with van der Waals surface area (Å²) < 4.78 is 5.37. The molecule has 6 rings (SSSR count). The lowest BCUT2D eigenvalue weighted by molar-refractivity contribution is 0.311. The number of benzene rings is 3. The van der Waals surface area contributed by atoms with E-state index in [1.54, 1.807) is 13.3 Å². The summed E-state index contributed by atoms with van der Waals surface area (Å²) in [6.07, 6.45) is 1.77. The lowest BCUT2D eigenvalue weighted by atomic mass is 10.2. The van der Waals surface area contributed by atoms with Crippen molar-refractivity contribution in [3.8, 4) is 5.75 Å². The standard InChI is InChI=1S/C30H30ClN9O/c1-39-14-16-40(17-15-39)30-37-28(36-29(38-30)35-23-4-3-5-24(19-23)41-2)34-22-9-7-21(8-10-22)33-26-12-13-32-27-18-20(31)6-11-25(26)27/h3-13,18-19H,14-17H2,1-2H3,(H,32,33)(H2,34,35,36,37,38). The number of nitrogens with one attached hydrogen (secondary N) is 3. The second-order valence-corrected chi connectivity index (χ2v) is 10.2. The van der Waals surface area contributed by atoms with E-state index in [-0.39, 0.29) is 0 Å². The van der Waals surface area contributed by atoms with E-state index in [0.29, 0.717) is 22.9 Å². The molecule has 3 N–H and O–H groups in total. The van der Waals surface area contributed by atoms with Gasteiger partial charge < -0.3 is 30.5 Å². The van der Waals surface area contributed by atoms with Crippen molar-refractivity contribution in [2.45, 2.75) is 0 Å². The van der Waals surface area contributed by atoms with Gasteiger partial charge in [-0.15, -0.1) is 0 Å². The van der Waals surface area contributed by atoms with Crippen molar-refractivity contribution in [3.63, 3.8) is 0 Å². The first-order valence-electron chi connectivity index (χ1n) is 13.3. The van der Waals surface area contributed by atoms with Gasteiger partial charge in [0.25, 0.3) is 0 Å². The molecule has 3 heterocycles. The van der Waals surface area contributed by atoms with Gasteiger partial charge >= 0.3 is 0 Å². The molecule has 0 bridgehead atoms. The van der Waals surface area contributed by atoms with Crippen LogP contribution in [-0.4, -0.2) is 65.2 Å². The molecule has 2 aromatic heterocycles. The van der Waals surface area contributed by atoms with Gasteiger partial charge in [0.15, 0.2) is 0 Å². The fourth-order valence-electron chi connectivity index (χ4n) is 4.61. The van der Waals surface area contributed by atoms with Crippen molar-refractivity contribution in [1.82, 2.24) is 24.8 Å². The quantitative estimate of drug-likeness (QED) is 0.205.